The molecule has 5 nitrogen and oxygen atoms in total. The number of aromatic nitrogens is 1. The molecule has 0 bridgehead atoms. The van der Waals surface area contributed by atoms with Crippen LogP contribution >= 0.6 is 0 Å². The summed E-state index contributed by atoms with van der Waals surface area (Å²) in [5.74, 6) is -0.553. The summed E-state index contributed by atoms with van der Waals surface area (Å²) in [6.45, 7) is 7.31. The number of carbonyl (C=O) groups is 1. The van der Waals surface area contributed by atoms with Crippen LogP contribution in [0.3, 0.4) is 0 Å². The minimum Gasteiger partial charge on any atom is -0.465 e. The van der Waals surface area contributed by atoms with Crippen LogP contribution in [0.1, 0.15) is 47.1 Å². The molecule has 0 saturated carbocycles. The van der Waals surface area contributed by atoms with Gasteiger partial charge in [0.05, 0.1) is 12.8 Å². The molecule has 0 unspecified atom stereocenters. The van der Waals surface area contributed by atoms with Crippen molar-refractivity contribution in [3.63, 3.8) is 0 Å². The third-order valence-electron chi connectivity index (χ3n) is 2.71. The number of hydrogen-bond donors (Lipinski definition) is 0. The lowest BCUT2D eigenvalue weighted by Crippen LogP contribution is -2.11. The van der Waals surface area contributed by atoms with E-state index in [1.165, 1.54) is 7.11 Å². The fraction of sp³-hybridized carbons (Fsp3) is 0.500. The van der Waals surface area contributed by atoms with E-state index in [2.05, 4.69) is 14.9 Å². The predicted molar refractivity (Wildman–Crippen MR) is 64.6 cm³/mol. The van der Waals surface area contributed by atoms with E-state index >= 15 is 0 Å². The number of aryl methyl sites for hydroxylation is 1. The number of carbonyl (C=O) groups excluding carboxylic acids is 1. The molecular weight excluding hydrogens is 220 g/mol. The van der Waals surface area contributed by atoms with E-state index in [1.54, 1.807) is 13.8 Å². The molecule has 0 fully saturated rings. The summed E-state index contributed by atoms with van der Waals surface area (Å²) >= 11 is 0. The number of methoxy groups -OCH3 is 1. The van der Waals surface area contributed by atoms with Gasteiger partial charge in [0.25, 0.3) is 0 Å². The van der Waals surface area contributed by atoms with Gasteiger partial charge in [0.1, 0.15) is 11.3 Å². The average Bonchev–Trinajstić information content (AvgIpc) is 2.30. The Morgan fingerprint density at radius 1 is 1.35 bits per heavy atom. The molecule has 0 aromatic carbocycles. The number of esters is 1. The largest absolute Gasteiger partial charge is 0.465 e. The number of nitrogens with zero attached hydrogens (tertiary/aromatic N) is 2. The van der Waals surface area contributed by atoms with Crippen LogP contribution in [-0.4, -0.2) is 18.1 Å². The van der Waals surface area contributed by atoms with Crippen LogP contribution in [0.2, 0.25) is 0 Å². The summed E-state index contributed by atoms with van der Waals surface area (Å²) in [6.07, 6.45) is 0. The van der Waals surface area contributed by atoms with Crippen LogP contribution < -0.4 is 0 Å². The Kier molecular flexibility index (Phi) is 3.93. The Morgan fingerprint density at radius 2 is 1.94 bits per heavy atom. The number of hydrogen-bond acceptors (Lipinski definition) is 5. The smallest absolute Gasteiger partial charge is 0.342 e. The summed E-state index contributed by atoms with van der Waals surface area (Å²) in [5, 5.41) is 2.95. The average molecular weight is 236 g/mol. The van der Waals surface area contributed by atoms with Gasteiger partial charge in [-0.05, 0) is 24.9 Å². The van der Waals surface area contributed by atoms with Crippen molar-refractivity contribution in [1.29, 1.82) is 0 Å². The van der Waals surface area contributed by atoms with Crippen LogP contribution in [-0.2, 0) is 4.74 Å². The highest BCUT2D eigenvalue weighted by Gasteiger charge is 2.24. The van der Waals surface area contributed by atoms with Crippen molar-refractivity contribution in [3.05, 3.63) is 27.4 Å². The molecule has 0 saturated heterocycles. The van der Waals surface area contributed by atoms with Gasteiger partial charge < -0.3 is 4.74 Å². The molecule has 5 heteroatoms. The third kappa shape index (κ3) is 2.33. The molecule has 0 aliphatic heterocycles. The molecule has 1 rings (SSSR count). The highest BCUT2D eigenvalue weighted by molar-refractivity contribution is 5.97. The summed E-state index contributed by atoms with van der Waals surface area (Å²) in [6, 6.07) is 0. The highest BCUT2D eigenvalue weighted by atomic mass is 16.5. The van der Waals surface area contributed by atoms with Crippen molar-refractivity contribution < 1.29 is 9.53 Å². The fourth-order valence-electron chi connectivity index (χ4n) is 1.64. The van der Waals surface area contributed by atoms with Crippen molar-refractivity contribution in [2.75, 3.05) is 7.11 Å². The Labute approximate surface area is 100 Å². The molecule has 17 heavy (non-hydrogen) atoms. The predicted octanol–water partition coefficient (Wildman–Crippen LogP) is 3.01. The maximum absolute atomic E-state index is 11.7. The lowest BCUT2D eigenvalue weighted by molar-refractivity contribution is 0.0599. The Bertz CT molecular complexity index is 467. The van der Waals surface area contributed by atoms with Gasteiger partial charge in [-0.3, -0.25) is 4.98 Å². The van der Waals surface area contributed by atoms with E-state index in [1.807, 2.05) is 13.8 Å². The Hall–Kier alpha value is -1.78. The fourth-order valence-corrected chi connectivity index (χ4v) is 1.64. The van der Waals surface area contributed by atoms with Crippen molar-refractivity contribution in [3.8, 4) is 0 Å². The van der Waals surface area contributed by atoms with Gasteiger partial charge in [-0.25, -0.2) is 4.79 Å². The second kappa shape index (κ2) is 5.03. The molecule has 0 atom stereocenters. The summed E-state index contributed by atoms with van der Waals surface area (Å²) < 4.78 is 4.69. The Morgan fingerprint density at radius 3 is 2.35 bits per heavy atom. The number of ether oxygens (including phenoxy) is 1. The molecule has 0 aliphatic carbocycles. The first kappa shape index (κ1) is 13.3. The monoisotopic (exact) mass is 236 g/mol. The number of rotatable bonds is 3. The zero-order chi connectivity index (χ0) is 13.2. The molecule has 92 valence electrons. The Balaban J connectivity index is 3.66. The van der Waals surface area contributed by atoms with Crippen LogP contribution in [0.5, 0.6) is 0 Å². The van der Waals surface area contributed by atoms with Gasteiger partial charge in [-0.15, -0.1) is 4.91 Å². The first-order valence-corrected chi connectivity index (χ1v) is 5.36. The zero-order valence-corrected chi connectivity index (χ0v) is 10.7. The number of pyridine rings is 1. The van der Waals surface area contributed by atoms with Crippen LogP contribution in [0.25, 0.3) is 0 Å². The second-order valence-electron chi connectivity index (χ2n) is 4.17. The minimum absolute atomic E-state index is 0.0175. The maximum Gasteiger partial charge on any atom is 0.342 e. The van der Waals surface area contributed by atoms with E-state index in [0.29, 0.717) is 17.0 Å². The van der Waals surface area contributed by atoms with E-state index in [-0.39, 0.29) is 17.2 Å². The minimum atomic E-state index is -0.570. The van der Waals surface area contributed by atoms with Crippen LogP contribution in [0, 0.1) is 18.8 Å². The molecular formula is C12H16N2O3. The lowest BCUT2D eigenvalue weighted by Gasteiger charge is -2.14. The first-order chi connectivity index (χ1) is 7.93. The van der Waals surface area contributed by atoms with Gasteiger partial charge >= 0.3 is 5.97 Å². The second-order valence-corrected chi connectivity index (χ2v) is 4.17. The van der Waals surface area contributed by atoms with Gasteiger partial charge in [0, 0.05) is 11.3 Å². The van der Waals surface area contributed by atoms with Gasteiger partial charge in [-0.2, -0.15) is 0 Å². The molecule has 0 spiro atoms. The summed E-state index contributed by atoms with van der Waals surface area (Å²) in [7, 11) is 1.27. The van der Waals surface area contributed by atoms with E-state index in [0.717, 1.165) is 0 Å². The van der Waals surface area contributed by atoms with E-state index in [4.69, 9.17) is 0 Å². The van der Waals surface area contributed by atoms with Crippen LogP contribution in [0.15, 0.2) is 5.18 Å². The molecule has 1 heterocycles. The van der Waals surface area contributed by atoms with Crippen molar-refractivity contribution >= 4 is 11.7 Å². The van der Waals surface area contributed by atoms with Crippen molar-refractivity contribution in [2.24, 2.45) is 5.18 Å². The third-order valence-corrected chi connectivity index (χ3v) is 2.71. The normalized spacial score (nSPS) is 10.5. The SMILES string of the molecule is COC(=O)c1c(C(C)C)nc(C)c(C)c1N=O. The molecule has 1 aromatic heterocycles. The molecule has 0 aliphatic rings. The zero-order valence-electron chi connectivity index (χ0n) is 10.7. The summed E-state index contributed by atoms with van der Waals surface area (Å²) in [5.41, 5.74) is 2.18. The molecule has 0 radical (unpaired) electrons. The summed E-state index contributed by atoms with van der Waals surface area (Å²) in [4.78, 5) is 27.0. The molecule has 1 aromatic rings. The van der Waals surface area contributed by atoms with E-state index < -0.39 is 5.97 Å². The van der Waals surface area contributed by atoms with Crippen molar-refractivity contribution in [1.82, 2.24) is 4.98 Å². The van der Waals surface area contributed by atoms with E-state index in [9.17, 15) is 9.70 Å². The quantitative estimate of drug-likeness (QED) is 0.597. The number of nitroso groups, excluding NO2 is 1. The van der Waals surface area contributed by atoms with Crippen molar-refractivity contribution in [2.45, 2.75) is 33.6 Å². The molecule has 0 amide bonds. The first-order valence-electron chi connectivity index (χ1n) is 5.36. The van der Waals surface area contributed by atoms with Gasteiger partial charge in [0.2, 0.25) is 0 Å². The van der Waals surface area contributed by atoms with Crippen LogP contribution in [0.4, 0.5) is 5.69 Å². The standard InChI is InChI=1S/C12H16N2O3/c1-6(2)10-9(12(15)17-5)11(14-16)7(3)8(4)13-10/h6H,1-5H3. The van der Waals surface area contributed by atoms with Gasteiger partial charge in [0.15, 0.2) is 0 Å². The van der Waals surface area contributed by atoms with Gasteiger partial charge in [-0.1, -0.05) is 13.8 Å². The topological polar surface area (TPSA) is 68.6 Å². The highest BCUT2D eigenvalue weighted by Crippen LogP contribution is 2.32. The lowest BCUT2D eigenvalue weighted by atomic mass is 9.98. The molecule has 0 N–H and O–H groups in total. The maximum atomic E-state index is 11.7.